The average Bonchev–Trinajstić information content (AvgIpc) is 2.49. The first kappa shape index (κ1) is 14.8. The zero-order chi connectivity index (χ0) is 14.1. The van der Waals surface area contributed by atoms with E-state index in [2.05, 4.69) is 0 Å². The van der Waals surface area contributed by atoms with Gasteiger partial charge in [-0.25, -0.2) is 0 Å². The summed E-state index contributed by atoms with van der Waals surface area (Å²) in [5.74, 6) is 0.150. The SMILES string of the molecule is CC(=O)c1ccccc1.CC(C=O)c1ccccc1. The highest BCUT2D eigenvalue weighted by Gasteiger charge is 1.99. The number of hydrogen-bond donors (Lipinski definition) is 0. The molecule has 0 bridgehead atoms. The number of ketones is 1. The van der Waals surface area contributed by atoms with Crippen LogP contribution < -0.4 is 0 Å². The lowest BCUT2D eigenvalue weighted by atomic mass is 10.0. The Morgan fingerprint density at radius 3 is 1.79 bits per heavy atom. The van der Waals surface area contributed by atoms with Gasteiger partial charge in [0, 0.05) is 11.5 Å². The van der Waals surface area contributed by atoms with E-state index < -0.39 is 0 Å². The zero-order valence-corrected chi connectivity index (χ0v) is 11.2. The predicted octanol–water partition coefficient (Wildman–Crippen LogP) is 3.88. The minimum atomic E-state index is 0.0289. The smallest absolute Gasteiger partial charge is 0.159 e. The molecule has 19 heavy (non-hydrogen) atoms. The molecule has 0 spiro atoms. The highest BCUT2D eigenvalue weighted by atomic mass is 16.1. The summed E-state index contributed by atoms with van der Waals surface area (Å²) in [6, 6.07) is 19.0. The molecule has 2 aromatic carbocycles. The van der Waals surface area contributed by atoms with Gasteiger partial charge in [-0.1, -0.05) is 67.6 Å². The van der Waals surface area contributed by atoms with Crippen LogP contribution in [0.4, 0.5) is 0 Å². The molecule has 0 saturated heterocycles. The lowest BCUT2D eigenvalue weighted by molar-refractivity contribution is -0.108. The number of hydrogen-bond acceptors (Lipinski definition) is 2. The van der Waals surface area contributed by atoms with Crippen molar-refractivity contribution in [1.82, 2.24) is 0 Å². The van der Waals surface area contributed by atoms with Gasteiger partial charge in [0.05, 0.1) is 0 Å². The molecular weight excluding hydrogens is 236 g/mol. The molecule has 0 amide bonds. The molecule has 1 unspecified atom stereocenters. The molecule has 0 N–H and O–H groups in total. The Kier molecular flexibility index (Phi) is 6.23. The van der Waals surface area contributed by atoms with E-state index in [1.807, 2.05) is 67.6 Å². The highest BCUT2D eigenvalue weighted by molar-refractivity contribution is 5.93. The van der Waals surface area contributed by atoms with E-state index in [4.69, 9.17) is 0 Å². The van der Waals surface area contributed by atoms with Crippen LogP contribution in [0.3, 0.4) is 0 Å². The van der Waals surface area contributed by atoms with Gasteiger partial charge in [-0.3, -0.25) is 4.79 Å². The third kappa shape index (κ3) is 5.30. The van der Waals surface area contributed by atoms with E-state index in [0.29, 0.717) is 0 Å². The summed E-state index contributed by atoms with van der Waals surface area (Å²) in [6.45, 7) is 3.46. The van der Waals surface area contributed by atoms with Gasteiger partial charge in [0.25, 0.3) is 0 Å². The maximum Gasteiger partial charge on any atom is 0.159 e. The van der Waals surface area contributed by atoms with Crippen LogP contribution in [0.15, 0.2) is 60.7 Å². The fourth-order valence-electron chi connectivity index (χ4n) is 1.51. The van der Waals surface area contributed by atoms with Crippen molar-refractivity contribution in [2.45, 2.75) is 19.8 Å². The number of carbonyl (C=O) groups is 2. The average molecular weight is 254 g/mol. The van der Waals surface area contributed by atoms with Gasteiger partial charge >= 0.3 is 0 Å². The Morgan fingerprint density at radius 2 is 1.42 bits per heavy atom. The summed E-state index contributed by atoms with van der Waals surface area (Å²) >= 11 is 0. The predicted molar refractivity (Wildman–Crippen MR) is 77.4 cm³/mol. The van der Waals surface area contributed by atoms with Gasteiger partial charge in [0.1, 0.15) is 6.29 Å². The summed E-state index contributed by atoms with van der Waals surface area (Å²) in [7, 11) is 0. The van der Waals surface area contributed by atoms with Gasteiger partial charge < -0.3 is 4.79 Å². The van der Waals surface area contributed by atoms with Crippen molar-refractivity contribution in [3.8, 4) is 0 Å². The molecule has 2 rings (SSSR count). The number of benzene rings is 2. The maximum absolute atomic E-state index is 10.6. The molecule has 0 saturated carbocycles. The fourth-order valence-corrected chi connectivity index (χ4v) is 1.51. The normalized spacial score (nSPS) is 10.8. The van der Waals surface area contributed by atoms with E-state index in [1.54, 1.807) is 6.92 Å². The molecule has 0 aliphatic rings. The largest absolute Gasteiger partial charge is 0.303 e. The molecule has 0 aromatic heterocycles. The Morgan fingerprint density at radius 1 is 0.947 bits per heavy atom. The third-order valence-electron chi connectivity index (χ3n) is 2.71. The van der Waals surface area contributed by atoms with Crippen LogP contribution >= 0.6 is 0 Å². The summed E-state index contributed by atoms with van der Waals surface area (Å²) in [4.78, 5) is 21.0. The number of carbonyl (C=O) groups excluding carboxylic acids is 2. The van der Waals surface area contributed by atoms with Crippen molar-refractivity contribution in [3.05, 3.63) is 71.8 Å². The Balaban J connectivity index is 0.000000191. The second-order valence-electron chi connectivity index (χ2n) is 4.26. The summed E-state index contributed by atoms with van der Waals surface area (Å²) in [5.41, 5.74) is 1.86. The Hall–Kier alpha value is -2.22. The van der Waals surface area contributed by atoms with Crippen LogP contribution in [0.25, 0.3) is 0 Å². The molecule has 2 aromatic rings. The van der Waals surface area contributed by atoms with E-state index in [0.717, 1.165) is 17.4 Å². The van der Waals surface area contributed by atoms with E-state index in [9.17, 15) is 9.59 Å². The van der Waals surface area contributed by atoms with Crippen molar-refractivity contribution >= 4 is 12.1 Å². The van der Waals surface area contributed by atoms with Crippen molar-refractivity contribution < 1.29 is 9.59 Å². The van der Waals surface area contributed by atoms with Gasteiger partial charge in [0.2, 0.25) is 0 Å². The first-order valence-electron chi connectivity index (χ1n) is 6.21. The van der Waals surface area contributed by atoms with Crippen LogP contribution in [-0.4, -0.2) is 12.1 Å². The van der Waals surface area contributed by atoms with Crippen LogP contribution in [-0.2, 0) is 4.79 Å². The first-order chi connectivity index (χ1) is 9.15. The fraction of sp³-hybridized carbons (Fsp3) is 0.176. The van der Waals surface area contributed by atoms with Gasteiger partial charge in [-0.2, -0.15) is 0 Å². The molecule has 2 nitrogen and oxygen atoms in total. The second-order valence-corrected chi connectivity index (χ2v) is 4.26. The summed E-state index contributed by atoms with van der Waals surface area (Å²) in [6.07, 6.45) is 0.954. The molecular formula is C17H18O2. The molecule has 0 aliphatic carbocycles. The summed E-state index contributed by atoms with van der Waals surface area (Å²) < 4.78 is 0. The van der Waals surface area contributed by atoms with Crippen LogP contribution in [0.1, 0.15) is 35.7 Å². The molecule has 0 heterocycles. The minimum absolute atomic E-state index is 0.0289. The van der Waals surface area contributed by atoms with Crippen LogP contribution in [0.2, 0.25) is 0 Å². The second kappa shape index (κ2) is 7.98. The van der Waals surface area contributed by atoms with E-state index in [1.165, 1.54) is 0 Å². The number of Topliss-reactive ketones (excluding diaryl/α,β-unsaturated/α-hetero) is 1. The molecule has 1 atom stereocenters. The van der Waals surface area contributed by atoms with Crippen molar-refractivity contribution in [3.63, 3.8) is 0 Å². The molecule has 98 valence electrons. The van der Waals surface area contributed by atoms with Crippen molar-refractivity contribution in [2.24, 2.45) is 0 Å². The van der Waals surface area contributed by atoms with Crippen LogP contribution in [0, 0.1) is 0 Å². The summed E-state index contributed by atoms with van der Waals surface area (Å²) in [5, 5.41) is 0. The topological polar surface area (TPSA) is 34.1 Å². The lowest BCUT2D eigenvalue weighted by Crippen LogP contribution is -1.92. The van der Waals surface area contributed by atoms with Crippen molar-refractivity contribution in [2.75, 3.05) is 0 Å². The number of rotatable bonds is 3. The lowest BCUT2D eigenvalue weighted by Gasteiger charge is -2.00. The first-order valence-corrected chi connectivity index (χ1v) is 6.21. The molecule has 2 heteroatoms. The standard InChI is InChI=1S/C9H10O.C8H8O/c1-8(7-10)9-5-3-2-4-6-9;1-7(9)8-5-3-2-4-6-8/h2-8H,1H3;2-6H,1H3. The van der Waals surface area contributed by atoms with E-state index in [-0.39, 0.29) is 11.7 Å². The zero-order valence-electron chi connectivity index (χ0n) is 11.2. The molecule has 0 fully saturated rings. The van der Waals surface area contributed by atoms with Crippen molar-refractivity contribution in [1.29, 1.82) is 0 Å². The Bertz CT molecular complexity index is 503. The highest BCUT2D eigenvalue weighted by Crippen LogP contribution is 2.10. The quantitative estimate of drug-likeness (QED) is 0.615. The van der Waals surface area contributed by atoms with Crippen LogP contribution in [0.5, 0.6) is 0 Å². The maximum atomic E-state index is 10.6. The minimum Gasteiger partial charge on any atom is -0.303 e. The monoisotopic (exact) mass is 254 g/mol. The van der Waals surface area contributed by atoms with Gasteiger partial charge in [0.15, 0.2) is 5.78 Å². The Labute approximate surface area is 114 Å². The third-order valence-corrected chi connectivity index (χ3v) is 2.71. The number of aldehydes is 1. The van der Waals surface area contributed by atoms with Gasteiger partial charge in [-0.05, 0) is 12.5 Å². The van der Waals surface area contributed by atoms with E-state index >= 15 is 0 Å². The van der Waals surface area contributed by atoms with Gasteiger partial charge in [-0.15, -0.1) is 0 Å². The molecule has 0 radical (unpaired) electrons. The molecule has 0 aliphatic heterocycles.